The maximum Gasteiger partial charge on any atom is 0.180 e. The summed E-state index contributed by atoms with van der Waals surface area (Å²) in [6.07, 6.45) is 0. The Morgan fingerprint density at radius 1 is 1.10 bits per heavy atom. The van der Waals surface area contributed by atoms with E-state index in [1.165, 1.54) is 0 Å². The second-order valence-electron chi connectivity index (χ2n) is 1.49. The number of rotatable bonds is 0. The van der Waals surface area contributed by atoms with E-state index >= 15 is 0 Å². The van der Waals surface area contributed by atoms with Crippen molar-refractivity contribution in [3.05, 3.63) is 0 Å². The molecule has 0 aromatic carbocycles. The summed E-state index contributed by atoms with van der Waals surface area (Å²) in [7, 11) is 1.00. The summed E-state index contributed by atoms with van der Waals surface area (Å²) in [4.78, 5) is 0. The molecule has 0 aromatic rings. The van der Waals surface area contributed by atoms with Gasteiger partial charge in [0.1, 0.15) is 0 Å². The van der Waals surface area contributed by atoms with Crippen LogP contribution >= 0.6 is 34.8 Å². The number of nitrogens with two attached hydrogens (primary N) is 1. The van der Waals surface area contributed by atoms with Crippen molar-refractivity contribution in [1.82, 2.24) is 0 Å². The highest BCUT2D eigenvalue weighted by molar-refractivity contribution is 6.63. The standard InChI is InChI=1S/C3H9N.CHCl3.CH4O/c1-3(2)4;2-1(3)4;1-2/h3H,4H2,1-2H3;1H;2H,1H3. The minimum Gasteiger partial charge on any atom is -0.400 e. The van der Waals surface area contributed by atoms with Crippen molar-refractivity contribution >= 4 is 34.8 Å². The third kappa shape index (κ3) is 855. The van der Waals surface area contributed by atoms with Crippen LogP contribution in [0.15, 0.2) is 0 Å². The molecule has 3 N–H and O–H groups in total. The van der Waals surface area contributed by atoms with Crippen molar-refractivity contribution in [2.24, 2.45) is 5.73 Å². The Morgan fingerprint density at radius 2 is 1.10 bits per heavy atom. The number of aliphatic hydroxyl groups excluding tert-OH is 1. The van der Waals surface area contributed by atoms with Gasteiger partial charge in [-0.15, -0.1) is 0 Å². The van der Waals surface area contributed by atoms with Crippen molar-refractivity contribution in [3.63, 3.8) is 0 Å². The lowest BCUT2D eigenvalue weighted by Crippen LogP contribution is -2.06. The van der Waals surface area contributed by atoms with Crippen LogP contribution in [0.3, 0.4) is 0 Å². The van der Waals surface area contributed by atoms with E-state index in [4.69, 9.17) is 45.6 Å². The molecular formula is C5H14Cl3NO. The molecule has 0 atom stereocenters. The summed E-state index contributed by atoms with van der Waals surface area (Å²) < 4.78 is -0.750. The first kappa shape index (κ1) is 17.0. The number of aliphatic hydroxyl groups is 1. The van der Waals surface area contributed by atoms with E-state index in [9.17, 15) is 0 Å². The lowest BCUT2D eigenvalue weighted by atomic mass is 10.5. The van der Waals surface area contributed by atoms with Crippen LogP contribution in [0, 0.1) is 0 Å². The Balaban J connectivity index is -0.0000000787. The van der Waals surface area contributed by atoms with Gasteiger partial charge in [-0.25, -0.2) is 0 Å². The van der Waals surface area contributed by atoms with Crippen LogP contribution in [-0.2, 0) is 0 Å². The van der Waals surface area contributed by atoms with Gasteiger partial charge in [0.05, 0.1) is 0 Å². The van der Waals surface area contributed by atoms with Gasteiger partial charge in [0.2, 0.25) is 0 Å². The van der Waals surface area contributed by atoms with E-state index < -0.39 is 4.30 Å². The molecule has 5 heteroatoms. The highest BCUT2D eigenvalue weighted by atomic mass is 35.6. The summed E-state index contributed by atoms with van der Waals surface area (Å²) in [5.41, 5.74) is 5.11. The lowest BCUT2D eigenvalue weighted by molar-refractivity contribution is 0.399. The molecule has 0 spiro atoms. The largest absolute Gasteiger partial charge is 0.400 e. The molecule has 0 aliphatic carbocycles. The summed E-state index contributed by atoms with van der Waals surface area (Å²) in [5, 5.41) is 7.00. The van der Waals surface area contributed by atoms with Gasteiger partial charge in [0, 0.05) is 7.11 Å². The van der Waals surface area contributed by atoms with Gasteiger partial charge in [-0.2, -0.15) is 0 Å². The number of hydrogen-bond acceptors (Lipinski definition) is 2. The molecule has 0 radical (unpaired) electrons. The van der Waals surface area contributed by atoms with Gasteiger partial charge in [0.15, 0.2) is 4.30 Å². The fourth-order valence-corrected chi connectivity index (χ4v) is 0. The smallest absolute Gasteiger partial charge is 0.180 e. The minimum atomic E-state index is -0.750. The van der Waals surface area contributed by atoms with E-state index in [-0.39, 0.29) is 0 Å². The molecule has 0 rings (SSSR count). The Morgan fingerprint density at radius 3 is 1.10 bits per heavy atom. The van der Waals surface area contributed by atoms with E-state index in [2.05, 4.69) is 0 Å². The molecule has 0 amide bonds. The van der Waals surface area contributed by atoms with Gasteiger partial charge in [-0.1, -0.05) is 48.7 Å². The first-order valence-electron chi connectivity index (χ1n) is 2.59. The Hall–Kier alpha value is 0.790. The maximum absolute atomic E-state index is 7.00. The zero-order chi connectivity index (χ0) is 9.15. The Labute approximate surface area is 77.3 Å². The second-order valence-corrected chi connectivity index (χ2v) is 3.47. The van der Waals surface area contributed by atoms with Crippen molar-refractivity contribution in [1.29, 1.82) is 0 Å². The van der Waals surface area contributed by atoms with Gasteiger partial charge in [-0.05, 0) is 6.04 Å². The van der Waals surface area contributed by atoms with Crippen molar-refractivity contribution in [3.8, 4) is 0 Å². The van der Waals surface area contributed by atoms with Crippen LogP contribution in [-0.4, -0.2) is 22.6 Å². The number of hydrogen-bond donors (Lipinski definition) is 2. The third-order valence-corrected chi connectivity index (χ3v) is 0. The summed E-state index contributed by atoms with van der Waals surface area (Å²) in [6.45, 7) is 3.89. The van der Waals surface area contributed by atoms with Gasteiger partial charge in [-0.3, -0.25) is 0 Å². The molecule has 0 saturated heterocycles. The van der Waals surface area contributed by atoms with Gasteiger partial charge >= 0.3 is 0 Å². The molecule has 0 aromatic heterocycles. The van der Waals surface area contributed by atoms with Crippen LogP contribution in [0.5, 0.6) is 0 Å². The summed E-state index contributed by atoms with van der Waals surface area (Å²) in [5.74, 6) is 0. The molecule has 0 unspecified atom stereocenters. The van der Waals surface area contributed by atoms with Crippen LogP contribution in [0.4, 0.5) is 0 Å². The normalized spacial score (nSPS) is 7.80. The molecule has 0 aliphatic rings. The maximum atomic E-state index is 7.00. The average molecular weight is 211 g/mol. The van der Waals surface area contributed by atoms with E-state index in [1.807, 2.05) is 13.8 Å². The highest BCUT2D eigenvalue weighted by Gasteiger charge is 1.78. The van der Waals surface area contributed by atoms with Crippen molar-refractivity contribution < 1.29 is 5.11 Å². The number of halogens is 3. The monoisotopic (exact) mass is 209 g/mol. The SMILES string of the molecule is CC(C)N.CO.ClC(Cl)Cl. The minimum absolute atomic E-state index is 0.333. The fraction of sp³-hybridized carbons (Fsp3) is 1.00. The van der Waals surface area contributed by atoms with Gasteiger partial charge < -0.3 is 10.8 Å². The topological polar surface area (TPSA) is 46.2 Å². The average Bonchev–Trinajstić information content (AvgIpc) is 1.66. The highest BCUT2D eigenvalue weighted by Crippen LogP contribution is 2.03. The molecule has 0 bridgehead atoms. The molecule has 0 heterocycles. The summed E-state index contributed by atoms with van der Waals surface area (Å²) >= 11 is 14.4. The predicted octanol–water partition coefficient (Wildman–Crippen LogP) is 1.95. The van der Waals surface area contributed by atoms with Crippen LogP contribution in [0.1, 0.15) is 13.8 Å². The Kier molecular flexibility index (Phi) is 28.0. The zero-order valence-corrected chi connectivity index (χ0v) is 8.58. The second kappa shape index (κ2) is 16.4. The third-order valence-electron chi connectivity index (χ3n) is 0. The molecule has 2 nitrogen and oxygen atoms in total. The lowest BCUT2D eigenvalue weighted by Gasteiger charge is -1.81. The van der Waals surface area contributed by atoms with Gasteiger partial charge in [0.25, 0.3) is 0 Å². The van der Waals surface area contributed by atoms with E-state index in [0.717, 1.165) is 7.11 Å². The quantitative estimate of drug-likeness (QED) is 0.601. The van der Waals surface area contributed by atoms with Crippen LogP contribution < -0.4 is 5.73 Å². The van der Waals surface area contributed by atoms with Crippen LogP contribution in [0.2, 0.25) is 0 Å². The Bertz CT molecular complexity index is 32.4. The first-order valence-corrected chi connectivity index (χ1v) is 3.90. The fourth-order valence-electron chi connectivity index (χ4n) is 0. The molecule has 0 aliphatic heterocycles. The number of alkyl halides is 3. The molecule has 0 fully saturated rings. The van der Waals surface area contributed by atoms with Crippen molar-refractivity contribution in [2.75, 3.05) is 7.11 Å². The zero-order valence-electron chi connectivity index (χ0n) is 6.31. The first-order chi connectivity index (χ1) is 4.46. The molecule has 0 saturated carbocycles. The molecule has 66 valence electrons. The predicted molar refractivity (Wildman–Crippen MR) is 48.8 cm³/mol. The van der Waals surface area contributed by atoms with Crippen LogP contribution in [0.25, 0.3) is 0 Å². The van der Waals surface area contributed by atoms with E-state index in [1.54, 1.807) is 0 Å². The molecule has 10 heavy (non-hydrogen) atoms. The summed E-state index contributed by atoms with van der Waals surface area (Å²) in [6, 6.07) is 0.333. The van der Waals surface area contributed by atoms with Crippen molar-refractivity contribution in [2.45, 2.75) is 24.2 Å². The molecular weight excluding hydrogens is 196 g/mol. The van der Waals surface area contributed by atoms with E-state index in [0.29, 0.717) is 6.04 Å².